The predicted octanol–water partition coefficient (Wildman–Crippen LogP) is 5.49. The summed E-state index contributed by atoms with van der Waals surface area (Å²) in [5, 5.41) is 2.85. The van der Waals surface area contributed by atoms with Crippen molar-refractivity contribution in [1.82, 2.24) is 0 Å². The molecular formula is C43H60F3NO15S. The van der Waals surface area contributed by atoms with Crippen LogP contribution in [0.15, 0.2) is 77.7 Å². The number of alkyl halides is 3. The average Bonchev–Trinajstić information content (AvgIpc) is 3.26. The number of carbonyl (C=O) groups excluding carboxylic acids is 1. The zero-order valence-corrected chi connectivity index (χ0v) is 36.5. The Balaban J connectivity index is 0.977. The Morgan fingerprint density at radius 2 is 0.905 bits per heavy atom. The van der Waals surface area contributed by atoms with Crippen molar-refractivity contribution in [1.29, 1.82) is 0 Å². The zero-order valence-electron chi connectivity index (χ0n) is 35.7. The molecule has 0 aromatic heterocycles. The van der Waals surface area contributed by atoms with Crippen LogP contribution in [0.5, 0.6) is 0 Å². The first-order chi connectivity index (χ1) is 30.6. The van der Waals surface area contributed by atoms with Gasteiger partial charge < -0.3 is 57.4 Å². The van der Waals surface area contributed by atoms with Crippen molar-refractivity contribution in [3.63, 3.8) is 0 Å². The Hall–Kier alpha value is -3.77. The van der Waals surface area contributed by atoms with E-state index >= 15 is 0 Å². The number of rotatable bonds is 38. The van der Waals surface area contributed by atoms with Crippen molar-refractivity contribution in [3.05, 3.63) is 89.5 Å². The molecule has 0 saturated heterocycles. The van der Waals surface area contributed by atoms with E-state index in [4.69, 9.17) is 56.3 Å². The summed E-state index contributed by atoms with van der Waals surface area (Å²) < 4.78 is 128. The van der Waals surface area contributed by atoms with Crippen LogP contribution in [0.1, 0.15) is 21.5 Å². The van der Waals surface area contributed by atoms with E-state index in [0.29, 0.717) is 118 Å². The maximum Gasteiger partial charge on any atom is 0.416 e. The molecule has 0 aliphatic carbocycles. The number of esters is 1. The Labute approximate surface area is 367 Å². The highest BCUT2D eigenvalue weighted by molar-refractivity contribution is 7.86. The van der Waals surface area contributed by atoms with Gasteiger partial charge >= 0.3 is 12.1 Å². The van der Waals surface area contributed by atoms with E-state index in [1.165, 1.54) is 30.3 Å². The predicted molar refractivity (Wildman–Crippen MR) is 224 cm³/mol. The zero-order chi connectivity index (χ0) is 45.3. The van der Waals surface area contributed by atoms with Crippen molar-refractivity contribution >= 4 is 27.5 Å². The van der Waals surface area contributed by atoms with Crippen LogP contribution in [-0.4, -0.2) is 160 Å². The molecular weight excluding hydrogens is 860 g/mol. The highest BCUT2D eigenvalue weighted by Gasteiger charge is 2.30. The van der Waals surface area contributed by atoms with Gasteiger partial charge in [-0.05, 0) is 49.4 Å². The van der Waals surface area contributed by atoms with E-state index in [1.807, 2.05) is 6.92 Å². The lowest BCUT2D eigenvalue weighted by molar-refractivity contribution is -0.137. The average molecular weight is 920 g/mol. The number of halogens is 3. The molecule has 0 atom stereocenters. The second-order valence-corrected chi connectivity index (χ2v) is 14.7. The van der Waals surface area contributed by atoms with Gasteiger partial charge in [-0.2, -0.15) is 21.6 Å². The molecule has 3 aromatic carbocycles. The number of para-hydroxylation sites is 1. The van der Waals surface area contributed by atoms with Crippen LogP contribution in [0.2, 0.25) is 0 Å². The van der Waals surface area contributed by atoms with Gasteiger partial charge in [0.15, 0.2) is 0 Å². The van der Waals surface area contributed by atoms with E-state index in [9.17, 15) is 26.4 Å². The molecule has 0 bridgehead atoms. The van der Waals surface area contributed by atoms with Crippen molar-refractivity contribution in [2.75, 3.05) is 151 Å². The molecule has 3 aromatic rings. The molecule has 0 radical (unpaired) electrons. The first-order valence-corrected chi connectivity index (χ1v) is 21.9. The molecule has 354 valence electrons. The third-order valence-electron chi connectivity index (χ3n) is 8.20. The number of aryl methyl sites for hydroxylation is 1. The largest absolute Gasteiger partial charge is 0.460 e. The van der Waals surface area contributed by atoms with Crippen LogP contribution in [0.3, 0.4) is 0 Å². The lowest BCUT2D eigenvalue weighted by Gasteiger charge is -2.13. The summed E-state index contributed by atoms with van der Waals surface area (Å²) in [7, 11) is -3.80. The highest BCUT2D eigenvalue weighted by atomic mass is 32.2. The molecule has 0 amide bonds. The van der Waals surface area contributed by atoms with Crippen LogP contribution < -0.4 is 5.32 Å². The number of nitrogens with one attached hydrogen (secondary N) is 1. The SMILES string of the molecule is Cc1ccc(S(=O)(=O)OCCOCCOCCOCCOCCOCCOCCOCCOCCOCCOCCOC(=O)c2ccccc2Nc2cccc(C(F)(F)F)c2)cc1. The Kier molecular flexibility index (Phi) is 27.9. The van der Waals surface area contributed by atoms with Crippen LogP contribution in [0.4, 0.5) is 24.5 Å². The number of anilines is 2. The Morgan fingerprint density at radius 1 is 0.508 bits per heavy atom. The molecule has 0 aliphatic heterocycles. The summed E-state index contributed by atoms with van der Waals surface area (Å²) in [5.74, 6) is -0.637. The number of carbonyl (C=O) groups is 1. The van der Waals surface area contributed by atoms with Crippen LogP contribution in [0.25, 0.3) is 0 Å². The van der Waals surface area contributed by atoms with Crippen LogP contribution >= 0.6 is 0 Å². The van der Waals surface area contributed by atoms with Gasteiger partial charge in [-0.25, -0.2) is 4.79 Å². The van der Waals surface area contributed by atoms with Crippen molar-refractivity contribution < 1.29 is 82.7 Å². The van der Waals surface area contributed by atoms with E-state index < -0.39 is 27.8 Å². The number of ether oxygens (including phenoxy) is 11. The smallest absolute Gasteiger partial charge is 0.416 e. The van der Waals surface area contributed by atoms with Gasteiger partial charge in [0.1, 0.15) is 6.61 Å². The summed E-state index contributed by atoms with van der Waals surface area (Å²) >= 11 is 0. The lowest BCUT2D eigenvalue weighted by Crippen LogP contribution is -2.16. The van der Waals surface area contributed by atoms with Gasteiger partial charge in [-0.15, -0.1) is 0 Å². The van der Waals surface area contributed by atoms with E-state index in [1.54, 1.807) is 30.3 Å². The number of hydrogen-bond acceptors (Lipinski definition) is 16. The molecule has 0 fully saturated rings. The monoisotopic (exact) mass is 919 g/mol. The first-order valence-electron chi connectivity index (χ1n) is 20.5. The quantitative estimate of drug-likeness (QED) is 0.0434. The lowest BCUT2D eigenvalue weighted by atomic mass is 10.1. The van der Waals surface area contributed by atoms with E-state index in [0.717, 1.165) is 17.7 Å². The minimum atomic E-state index is -4.49. The first kappa shape index (κ1) is 53.6. The Morgan fingerprint density at radius 3 is 1.33 bits per heavy atom. The molecule has 3 rings (SSSR count). The topological polar surface area (TPSA) is 174 Å². The van der Waals surface area contributed by atoms with E-state index in [2.05, 4.69) is 5.32 Å². The maximum absolute atomic E-state index is 13.1. The molecule has 0 saturated carbocycles. The van der Waals surface area contributed by atoms with E-state index in [-0.39, 0.29) is 49.2 Å². The fourth-order valence-corrected chi connectivity index (χ4v) is 5.92. The number of hydrogen-bond donors (Lipinski definition) is 1. The van der Waals surface area contributed by atoms with Gasteiger partial charge in [0.05, 0.1) is 160 Å². The summed E-state index contributed by atoms with van der Waals surface area (Å²) in [6.07, 6.45) is -4.49. The molecule has 63 heavy (non-hydrogen) atoms. The van der Waals surface area contributed by atoms with Gasteiger partial charge in [0.2, 0.25) is 0 Å². The maximum atomic E-state index is 13.1. The van der Waals surface area contributed by atoms with Crippen LogP contribution in [-0.2, 0) is 72.6 Å². The van der Waals surface area contributed by atoms with Crippen molar-refractivity contribution in [2.45, 2.75) is 18.0 Å². The molecule has 16 nitrogen and oxygen atoms in total. The Bertz CT molecular complexity index is 1750. The molecule has 0 spiro atoms. The fourth-order valence-electron chi connectivity index (χ4n) is 5.03. The van der Waals surface area contributed by atoms with Crippen LogP contribution in [0, 0.1) is 6.92 Å². The second kappa shape index (κ2) is 32.8. The minimum Gasteiger partial charge on any atom is -0.460 e. The molecule has 0 heterocycles. The third-order valence-corrected chi connectivity index (χ3v) is 9.53. The normalized spacial score (nSPS) is 11.9. The van der Waals surface area contributed by atoms with Gasteiger partial charge in [0, 0.05) is 5.69 Å². The van der Waals surface area contributed by atoms with Gasteiger partial charge in [-0.3, -0.25) is 4.18 Å². The van der Waals surface area contributed by atoms with Crippen molar-refractivity contribution in [2.24, 2.45) is 0 Å². The highest BCUT2D eigenvalue weighted by Crippen LogP contribution is 2.32. The second-order valence-electron chi connectivity index (χ2n) is 13.1. The molecule has 1 N–H and O–H groups in total. The number of benzene rings is 3. The van der Waals surface area contributed by atoms with Gasteiger partial charge in [-0.1, -0.05) is 35.9 Å². The summed E-state index contributed by atoms with van der Waals surface area (Å²) in [6, 6.07) is 17.5. The third kappa shape index (κ3) is 25.3. The molecule has 20 heteroatoms. The van der Waals surface area contributed by atoms with Gasteiger partial charge in [0.25, 0.3) is 10.1 Å². The van der Waals surface area contributed by atoms with Crippen molar-refractivity contribution in [3.8, 4) is 0 Å². The molecule has 0 unspecified atom stereocenters. The fraction of sp³-hybridized carbons (Fsp3) is 0.558. The summed E-state index contributed by atoms with van der Waals surface area (Å²) in [4.78, 5) is 12.7. The molecule has 0 aliphatic rings. The standard InChI is InChI=1S/C43H60F3NO15S/c1-36-9-11-39(12-10-36)63(49,50)62-34-32-60-30-28-58-26-24-56-22-20-54-18-16-52-14-13-51-15-17-53-19-21-55-23-25-57-27-29-59-31-33-61-42(48)40-7-2-3-8-41(40)47-38-6-4-5-37(35-38)43(44,45)46/h2-12,35,47H,13-34H2,1H3. The minimum absolute atomic E-state index is 0.0128. The summed E-state index contributed by atoms with van der Waals surface area (Å²) in [5.41, 5.74) is 0.841. The summed E-state index contributed by atoms with van der Waals surface area (Å²) in [6.45, 7) is 9.18.